The first-order valence-corrected chi connectivity index (χ1v) is 9.15. The number of hydrogen-bond acceptors (Lipinski definition) is 4. The van der Waals surface area contributed by atoms with Crippen LogP contribution in [-0.4, -0.2) is 19.3 Å². The fourth-order valence-corrected chi connectivity index (χ4v) is 4.76. The van der Waals surface area contributed by atoms with Crippen molar-refractivity contribution in [3.05, 3.63) is 44.6 Å². The zero-order valence-electron chi connectivity index (χ0n) is 11.2. The lowest BCUT2D eigenvalue weighted by Crippen LogP contribution is -2.30. The third kappa shape index (κ3) is 3.70. The van der Waals surface area contributed by atoms with Gasteiger partial charge in [-0.25, -0.2) is 8.42 Å². The molecular formula is C13H14Cl2N2O2S2. The van der Waals surface area contributed by atoms with Gasteiger partial charge in [0.05, 0.1) is 10.0 Å². The maximum Gasteiger partial charge on any atom is 0.245 e. The molecule has 0 fully saturated rings. The Bertz CT molecular complexity index is 744. The molecule has 0 bridgehead atoms. The minimum atomic E-state index is -3.67. The fourth-order valence-electron chi connectivity index (χ4n) is 1.87. The van der Waals surface area contributed by atoms with Crippen molar-refractivity contribution in [2.24, 2.45) is 0 Å². The van der Waals surface area contributed by atoms with Gasteiger partial charge in [-0.1, -0.05) is 30.1 Å². The highest BCUT2D eigenvalue weighted by atomic mass is 35.5. The molecule has 114 valence electrons. The van der Waals surface area contributed by atoms with Crippen LogP contribution < -0.4 is 5.73 Å². The van der Waals surface area contributed by atoms with E-state index >= 15 is 0 Å². The standard InChI is InChI=1S/C13H14Cl2N2O2S2/c1-2-17(8-10-4-6-13(15)20-10)21(18,19)12-5-3-9(14)7-11(12)16/h3-7H,2,8,16H2,1H3. The van der Waals surface area contributed by atoms with Crippen LogP contribution in [0.4, 0.5) is 5.69 Å². The summed E-state index contributed by atoms with van der Waals surface area (Å²) < 4.78 is 27.3. The van der Waals surface area contributed by atoms with Crippen LogP contribution in [0.15, 0.2) is 35.2 Å². The quantitative estimate of drug-likeness (QED) is 0.819. The van der Waals surface area contributed by atoms with Crippen molar-refractivity contribution < 1.29 is 8.42 Å². The predicted molar refractivity (Wildman–Crippen MR) is 88.5 cm³/mol. The molecule has 2 aromatic rings. The number of nitrogen functional groups attached to an aromatic ring is 1. The summed E-state index contributed by atoms with van der Waals surface area (Å²) in [6.45, 7) is 2.37. The van der Waals surface area contributed by atoms with Gasteiger partial charge >= 0.3 is 0 Å². The van der Waals surface area contributed by atoms with Crippen molar-refractivity contribution in [3.8, 4) is 0 Å². The molecule has 0 atom stereocenters. The molecule has 0 saturated carbocycles. The van der Waals surface area contributed by atoms with Crippen LogP contribution in [0.5, 0.6) is 0 Å². The molecule has 0 saturated heterocycles. The van der Waals surface area contributed by atoms with Crippen LogP contribution in [0.1, 0.15) is 11.8 Å². The molecule has 4 nitrogen and oxygen atoms in total. The van der Waals surface area contributed by atoms with E-state index in [0.717, 1.165) is 4.88 Å². The summed E-state index contributed by atoms with van der Waals surface area (Å²) in [6, 6.07) is 7.94. The van der Waals surface area contributed by atoms with Crippen molar-refractivity contribution >= 4 is 50.2 Å². The van der Waals surface area contributed by atoms with Crippen LogP contribution in [0.25, 0.3) is 0 Å². The van der Waals surface area contributed by atoms with Crippen LogP contribution in [0.2, 0.25) is 9.36 Å². The third-order valence-corrected chi connectivity index (χ3v) is 6.35. The summed E-state index contributed by atoms with van der Waals surface area (Å²) in [6.07, 6.45) is 0. The monoisotopic (exact) mass is 364 g/mol. The molecule has 1 aromatic carbocycles. The minimum absolute atomic E-state index is 0.0661. The van der Waals surface area contributed by atoms with E-state index in [4.69, 9.17) is 28.9 Å². The van der Waals surface area contributed by atoms with Crippen molar-refractivity contribution in [1.29, 1.82) is 0 Å². The van der Waals surface area contributed by atoms with Gasteiger partial charge in [0.2, 0.25) is 10.0 Å². The van der Waals surface area contributed by atoms with Crippen LogP contribution in [-0.2, 0) is 16.6 Å². The highest BCUT2D eigenvalue weighted by Crippen LogP contribution is 2.28. The second kappa shape index (κ2) is 6.54. The molecule has 0 aliphatic heterocycles. The van der Waals surface area contributed by atoms with Gasteiger partial charge in [0.1, 0.15) is 4.90 Å². The Morgan fingerprint density at radius 1 is 1.24 bits per heavy atom. The van der Waals surface area contributed by atoms with Gasteiger partial charge in [-0.3, -0.25) is 0 Å². The maximum atomic E-state index is 12.7. The summed E-state index contributed by atoms with van der Waals surface area (Å²) in [5.74, 6) is 0. The smallest absolute Gasteiger partial charge is 0.245 e. The highest BCUT2D eigenvalue weighted by Gasteiger charge is 2.25. The predicted octanol–water partition coefficient (Wildman–Crippen LogP) is 3.85. The van der Waals surface area contributed by atoms with E-state index in [-0.39, 0.29) is 17.1 Å². The van der Waals surface area contributed by atoms with Gasteiger partial charge in [0, 0.05) is 23.0 Å². The van der Waals surface area contributed by atoms with E-state index in [1.165, 1.54) is 33.8 Å². The topological polar surface area (TPSA) is 63.4 Å². The first-order chi connectivity index (χ1) is 9.84. The number of anilines is 1. The van der Waals surface area contributed by atoms with E-state index in [1.807, 2.05) is 6.07 Å². The molecule has 0 aliphatic carbocycles. The second-order valence-corrected chi connectivity index (χ2v) is 8.46. The highest BCUT2D eigenvalue weighted by molar-refractivity contribution is 7.89. The average Bonchev–Trinajstić information content (AvgIpc) is 2.80. The average molecular weight is 365 g/mol. The molecule has 1 aromatic heterocycles. The van der Waals surface area contributed by atoms with Crippen molar-refractivity contribution in [3.63, 3.8) is 0 Å². The first-order valence-electron chi connectivity index (χ1n) is 6.14. The lowest BCUT2D eigenvalue weighted by Gasteiger charge is -2.20. The number of benzene rings is 1. The Labute approximate surface area is 138 Å². The number of sulfonamides is 1. The van der Waals surface area contributed by atoms with Crippen LogP contribution >= 0.6 is 34.5 Å². The van der Waals surface area contributed by atoms with Gasteiger partial charge in [-0.15, -0.1) is 11.3 Å². The molecule has 0 radical (unpaired) electrons. The number of thiophene rings is 1. The number of rotatable bonds is 5. The Balaban J connectivity index is 2.35. The van der Waals surface area contributed by atoms with Crippen LogP contribution in [0.3, 0.4) is 0 Å². The molecule has 0 aliphatic rings. The fraction of sp³-hybridized carbons (Fsp3) is 0.231. The van der Waals surface area contributed by atoms with E-state index in [9.17, 15) is 8.42 Å². The van der Waals surface area contributed by atoms with Gasteiger partial charge in [-0.2, -0.15) is 4.31 Å². The minimum Gasteiger partial charge on any atom is -0.398 e. The van der Waals surface area contributed by atoms with Gasteiger partial charge in [0.25, 0.3) is 0 Å². The Kier molecular flexibility index (Phi) is 5.16. The molecular weight excluding hydrogens is 351 g/mol. The maximum absolute atomic E-state index is 12.7. The zero-order chi connectivity index (χ0) is 15.6. The van der Waals surface area contributed by atoms with Gasteiger partial charge < -0.3 is 5.73 Å². The Hall–Kier alpha value is -0.790. The van der Waals surface area contributed by atoms with Crippen molar-refractivity contribution in [1.82, 2.24) is 4.31 Å². The molecule has 21 heavy (non-hydrogen) atoms. The number of nitrogens with two attached hydrogens (primary N) is 1. The van der Waals surface area contributed by atoms with Gasteiger partial charge in [-0.05, 0) is 30.3 Å². The summed E-state index contributed by atoms with van der Waals surface area (Å²) in [7, 11) is -3.67. The van der Waals surface area contributed by atoms with Gasteiger partial charge in [0.15, 0.2) is 0 Å². The molecule has 1 heterocycles. The Morgan fingerprint density at radius 2 is 1.95 bits per heavy atom. The molecule has 2 rings (SSSR count). The summed E-state index contributed by atoms with van der Waals surface area (Å²) in [5, 5.41) is 0.402. The molecule has 0 unspecified atom stereocenters. The van der Waals surface area contributed by atoms with Crippen molar-refractivity contribution in [2.45, 2.75) is 18.4 Å². The number of hydrogen-bond donors (Lipinski definition) is 1. The number of halogens is 2. The second-order valence-electron chi connectivity index (χ2n) is 4.32. The van der Waals surface area contributed by atoms with E-state index in [1.54, 1.807) is 13.0 Å². The Morgan fingerprint density at radius 3 is 2.48 bits per heavy atom. The first kappa shape index (κ1) is 16.6. The molecule has 0 spiro atoms. The lowest BCUT2D eigenvalue weighted by molar-refractivity contribution is 0.426. The number of nitrogens with zero attached hydrogens (tertiary/aromatic N) is 1. The molecule has 0 amide bonds. The van der Waals surface area contributed by atoms with Crippen LogP contribution in [0, 0.1) is 0 Å². The third-order valence-electron chi connectivity index (χ3n) is 2.90. The van der Waals surface area contributed by atoms with E-state index in [0.29, 0.717) is 15.9 Å². The summed E-state index contributed by atoms with van der Waals surface area (Å²) in [4.78, 5) is 0.939. The lowest BCUT2D eigenvalue weighted by atomic mass is 10.3. The molecule has 8 heteroatoms. The van der Waals surface area contributed by atoms with Crippen molar-refractivity contribution in [2.75, 3.05) is 12.3 Å². The zero-order valence-corrected chi connectivity index (χ0v) is 14.4. The SMILES string of the molecule is CCN(Cc1ccc(Cl)s1)S(=O)(=O)c1ccc(Cl)cc1N. The van der Waals surface area contributed by atoms with E-state index in [2.05, 4.69) is 0 Å². The summed E-state index contributed by atoms with van der Waals surface area (Å²) >= 11 is 13.0. The summed E-state index contributed by atoms with van der Waals surface area (Å²) in [5.41, 5.74) is 5.93. The molecule has 2 N–H and O–H groups in total. The van der Waals surface area contributed by atoms with E-state index < -0.39 is 10.0 Å². The largest absolute Gasteiger partial charge is 0.398 e. The normalized spacial score (nSPS) is 12.0.